The van der Waals surface area contributed by atoms with Gasteiger partial charge in [0.2, 0.25) is 5.91 Å². The summed E-state index contributed by atoms with van der Waals surface area (Å²) in [6, 6.07) is 5.33. The number of aryl methyl sites for hydroxylation is 2. The Morgan fingerprint density at radius 2 is 2.03 bits per heavy atom. The van der Waals surface area contributed by atoms with Crippen molar-refractivity contribution in [3.8, 4) is 11.5 Å². The Kier molecular flexibility index (Phi) is 5.75. The van der Waals surface area contributed by atoms with Crippen molar-refractivity contribution in [1.29, 1.82) is 0 Å². The van der Waals surface area contributed by atoms with Gasteiger partial charge in [0, 0.05) is 23.2 Å². The lowest BCUT2D eigenvalue weighted by Gasteiger charge is -2.19. The van der Waals surface area contributed by atoms with Crippen molar-refractivity contribution in [3.63, 3.8) is 0 Å². The standard InChI is InChI=1S/C21H23N3O4S2/c1-5-24-20(26)17-11(2)12(3)29-19(17)23-21(24)30-13(4)18(25)22-14-6-7-15-16(10-14)28-9-8-27-15/h6-7,10,13H,5,8-9H2,1-4H3,(H,22,25). The first-order valence-corrected chi connectivity index (χ1v) is 11.5. The molecule has 0 fully saturated rings. The van der Waals surface area contributed by atoms with Crippen LogP contribution in [0.15, 0.2) is 28.2 Å². The number of aromatic nitrogens is 2. The van der Waals surface area contributed by atoms with Gasteiger partial charge in [0.25, 0.3) is 5.56 Å². The Labute approximate surface area is 182 Å². The third-order valence-electron chi connectivity index (χ3n) is 5.03. The molecule has 1 aliphatic rings. The number of nitrogens with one attached hydrogen (secondary N) is 1. The molecule has 3 aromatic rings. The van der Waals surface area contributed by atoms with E-state index in [0.717, 1.165) is 15.3 Å². The Balaban J connectivity index is 1.56. The molecule has 0 spiro atoms. The smallest absolute Gasteiger partial charge is 0.263 e. The maximum Gasteiger partial charge on any atom is 0.263 e. The van der Waals surface area contributed by atoms with Crippen LogP contribution in [0.4, 0.5) is 5.69 Å². The zero-order valence-corrected chi connectivity index (χ0v) is 18.9. The second kappa shape index (κ2) is 8.31. The quantitative estimate of drug-likeness (QED) is 0.472. The van der Waals surface area contributed by atoms with Crippen molar-refractivity contribution < 1.29 is 14.3 Å². The SMILES string of the molecule is CCn1c(SC(C)C(=O)Nc2ccc3c(c2)OCCO3)nc2sc(C)c(C)c2c1=O. The van der Waals surface area contributed by atoms with Crippen molar-refractivity contribution in [2.24, 2.45) is 0 Å². The molecule has 1 unspecified atom stereocenters. The normalized spacial score (nSPS) is 14.0. The van der Waals surface area contributed by atoms with Crippen LogP contribution in [0.3, 0.4) is 0 Å². The molecule has 2 aromatic heterocycles. The zero-order chi connectivity index (χ0) is 21.4. The molecule has 1 N–H and O–H groups in total. The Morgan fingerprint density at radius 3 is 2.77 bits per heavy atom. The van der Waals surface area contributed by atoms with Crippen LogP contribution in [-0.4, -0.2) is 33.9 Å². The first-order chi connectivity index (χ1) is 14.4. The van der Waals surface area contributed by atoms with Gasteiger partial charge in [-0.1, -0.05) is 11.8 Å². The van der Waals surface area contributed by atoms with Crippen LogP contribution >= 0.6 is 23.1 Å². The summed E-state index contributed by atoms with van der Waals surface area (Å²) < 4.78 is 12.7. The average Bonchev–Trinajstić information content (AvgIpc) is 3.01. The predicted octanol–water partition coefficient (Wildman–Crippen LogP) is 3.99. The molecule has 1 amide bonds. The van der Waals surface area contributed by atoms with Gasteiger partial charge in [-0.3, -0.25) is 14.2 Å². The second-order valence-corrected chi connectivity index (χ2v) is 9.53. The number of amides is 1. The van der Waals surface area contributed by atoms with Crippen molar-refractivity contribution in [2.75, 3.05) is 18.5 Å². The van der Waals surface area contributed by atoms with Gasteiger partial charge in [0.05, 0.1) is 10.6 Å². The first-order valence-electron chi connectivity index (χ1n) is 9.76. The Hall–Kier alpha value is -2.52. The van der Waals surface area contributed by atoms with Gasteiger partial charge in [0.15, 0.2) is 16.7 Å². The molecule has 9 heteroatoms. The van der Waals surface area contributed by atoms with E-state index in [0.29, 0.717) is 47.5 Å². The number of nitrogens with zero attached hydrogens (tertiary/aromatic N) is 2. The van der Waals surface area contributed by atoms with E-state index in [1.165, 1.54) is 23.1 Å². The highest BCUT2D eigenvalue weighted by atomic mass is 32.2. The Morgan fingerprint density at radius 1 is 1.30 bits per heavy atom. The maximum atomic E-state index is 13.0. The lowest BCUT2D eigenvalue weighted by atomic mass is 10.2. The fraction of sp³-hybridized carbons (Fsp3) is 0.381. The van der Waals surface area contributed by atoms with Crippen LogP contribution in [-0.2, 0) is 11.3 Å². The molecule has 0 aliphatic carbocycles. The predicted molar refractivity (Wildman–Crippen MR) is 120 cm³/mol. The molecular formula is C21H23N3O4S2. The van der Waals surface area contributed by atoms with Crippen molar-refractivity contribution in [1.82, 2.24) is 9.55 Å². The molecule has 0 saturated heterocycles. The Bertz CT molecular complexity index is 1190. The average molecular weight is 446 g/mol. The molecule has 7 nitrogen and oxygen atoms in total. The number of hydrogen-bond donors (Lipinski definition) is 1. The van der Waals surface area contributed by atoms with E-state index in [-0.39, 0.29) is 11.5 Å². The number of ether oxygens (including phenoxy) is 2. The minimum Gasteiger partial charge on any atom is -0.486 e. The van der Waals surface area contributed by atoms with Gasteiger partial charge in [0.1, 0.15) is 18.0 Å². The lowest BCUT2D eigenvalue weighted by Crippen LogP contribution is -2.26. The van der Waals surface area contributed by atoms with Gasteiger partial charge < -0.3 is 14.8 Å². The minimum absolute atomic E-state index is 0.0497. The number of carbonyl (C=O) groups is 1. The van der Waals surface area contributed by atoms with Crippen LogP contribution < -0.4 is 20.3 Å². The van der Waals surface area contributed by atoms with Crippen molar-refractivity contribution in [3.05, 3.63) is 39.0 Å². The third-order valence-corrected chi connectivity index (χ3v) is 7.22. The molecule has 3 heterocycles. The molecule has 0 saturated carbocycles. The van der Waals surface area contributed by atoms with Crippen LogP contribution in [0.5, 0.6) is 11.5 Å². The number of benzene rings is 1. The number of fused-ring (bicyclic) bond motifs is 2. The van der Waals surface area contributed by atoms with Crippen LogP contribution in [0.1, 0.15) is 24.3 Å². The monoisotopic (exact) mass is 445 g/mol. The minimum atomic E-state index is -0.442. The van der Waals surface area contributed by atoms with Crippen LogP contribution in [0, 0.1) is 13.8 Å². The van der Waals surface area contributed by atoms with E-state index in [2.05, 4.69) is 5.32 Å². The molecular weight excluding hydrogens is 422 g/mol. The summed E-state index contributed by atoms with van der Waals surface area (Å²) >= 11 is 2.80. The summed E-state index contributed by atoms with van der Waals surface area (Å²) in [6.45, 7) is 9.16. The fourth-order valence-corrected chi connectivity index (χ4v) is 5.30. The van der Waals surface area contributed by atoms with Crippen LogP contribution in [0.25, 0.3) is 10.2 Å². The van der Waals surface area contributed by atoms with E-state index in [1.807, 2.05) is 20.8 Å². The summed E-state index contributed by atoms with van der Waals surface area (Å²) in [5, 5.41) is 3.70. The van der Waals surface area contributed by atoms with Gasteiger partial charge in [-0.05, 0) is 45.4 Å². The molecule has 4 rings (SSSR count). The van der Waals surface area contributed by atoms with Crippen LogP contribution in [0.2, 0.25) is 0 Å². The van der Waals surface area contributed by atoms with E-state index in [1.54, 1.807) is 29.7 Å². The molecule has 1 aliphatic heterocycles. The number of hydrogen-bond acceptors (Lipinski definition) is 7. The molecule has 1 atom stereocenters. The van der Waals surface area contributed by atoms with E-state index in [4.69, 9.17) is 14.5 Å². The highest BCUT2D eigenvalue weighted by molar-refractivity contribution is 8.00. The summed E-state index contributed by atoms with van der Waals surface area (Å²) in [4.78, 5) is 32.3. The third kappa shape index (κ3) is 3.79. The number of rotatable bonds is 5. The summed E-state index contributed by atoms with van der Waals surface area (Å²) in [6.07, 6.45) is 0. The first kappa shape index (κ1) is 20.7. The number of carbonyl (C=O) groups excluding carboxylic acids is 1. The molecule has 158 valence electrons. The van der Waals surface area contributed by atoms with E-state index < -0.39 is 5.25 Å². The largest absolute Gasteiger partial charge is 0.486 e. The molecule has 30 heavy (non-hydrogen) atoms. The van der Waals surface area contributed by atoms with Gasteiger partial charge in [-0.2, -0.15) is 0 Å². The fourth-order valence-electron chi connectivity index (χ4n) is 3.25. The summed E-state index contributed by atoms with van der Waals surface area (Å²) in [5.74, 6) is 1.12. The molecule has 0 bridgehead atoms. The van der Waals surface area contributed by atoms with Gasteiger partial charge in [-0.15, -0.1) is 11.3 Å². The van der Waals surface area contributed by atoms with Gasteiger partial charge in [-0.25, -0.2) is 4.98 Å². The topological polar surface area (TPSA) is 82.5 Å². The van der Waals surface area contributed by atoms with Gasteiger partial charge >= 0.3 is 0 Å². The maximum absolute atomic E-state index is 13.0. The van der Waals surface area contributed by atoms with Crippen molar-refractivity contribution in [2.45, 2.75) is 44.6 Å². The summed E-state index contributed by atoms with van der Waals surface area (Å²) in [5.41, 5.74) is 1.57. The summed E-state index contributed by atoms with van der Waals surface area (Å²) in [7, 11) is 0. The van der Waals surface area contributed by atoms with E-state index >= 15 is 0 Å². The number of anilines is 1. The highest BCUT2D eigenvalue weighted by Crippen LogP contribution is 2.33. The molecule has 1 aromatic carbocycles. The number of thiophene rings is 1. The van der Waals surface area contributed by atoms with Crippen molar-refractivity contribution >= 4 is 44.9 Å². The molecule has 0 radical (unpaired) electrons. The van der Waals surface area contributed by atoms with E-state index in [9.17, 15) is 9.59 Å². The highest BCUT2D eigenvalue weighted by Gasteiger charge is 2.22. The zero-order valence-electron chi connectivity index (χ0n) is 17.3. The second-order valence-electron chi connectivity index (χ2n) is 7.01. The lowest BCUT2D eigenvalue weighted by molar-refractivity contribution is -0.115. The number of thioether (sulfide) groups is 1.